The van der Waals surface area contributed by atoms with Crippen molar-refractivity contribution in [3.05, 3.63) is 59.1 Å². The molecule has 0 aromatic heterocycles. The van der Waals surface area contributed by atoms with Crippen molar-refractivity contribution in [3.63, 3.8) is 0 Å². The molecule has 0 saturated carbocycles. The zero-order chi connectivity index (χ0) is 16.3. The highest BCUT2D eigenvalue weighted by Gasteiger charge is 2.28. The van der Waals surface area contributed by atoms with E-state index in [0.29, 0.717) is 0 Å². The van der Waals surface area contributed by atoms with E-state index < -0.39 is 33.2 Å². The maximum Gasteiger partial charge on any atom is 0.267 e. The average Bonchev–Trinajstić information content (AvgIpc) is 2.47. The Morgan fingerprint density at radius 2 is 1.82 bits per heavy atom. The van der Waals surface area contributed by atoms with E-state index in [0.717, 1.165) is 22.5 Å². The number of rotatable bonds is 5. The maximum atomic E-state index is 14.0. The smallest absolute Gasteiger partial charge is 0.267 e. The molecule has 0 amide bonds. The molecule has 0 saturated heterocycles. The van der Waals surface area contributed by atoms with Crippen molar-refractivity contribution < 1.29 is 22.3 Å². The molecule has 0 spiro atoms. The lowest BCUT2D eigenvalue weighted by Gasteiger charge is -2.24. The third kappa shape index (κ3) is 3.21. The summed E-state index contributed by atoms with van der Waals surface area (Å²) in [5.74, 6) is -1.74. The van der Waals surface area contributed by atoms with Gasteiger partial charge in [-0.3, -0.25) is 4.31 Å². The predicted molar refractivity (Wildman–Crippen MR) is 79.4 cm³/mol. The van der Waals surface area contributed by atoms with Crippen LogP contribution in [0.25, 0.3) is 0 Å². The fourth-order valence-electron chi connectivity index (χ4n) is 1.91. The summed E-state index contributed by atoms with van der Waals surface area (Å²) in [6, 6.07) is 8.36. The molecule has 0 aliphatic rings. The number of benzene rings is 2. The molecule has 0 unspecified atom stereocenters. The largest absolute Gasteiger partial charge is 0.394 e. The van der Waals surface area contributed by atoms with Crippen LogP contribution in [-0.4, -0.2) is 26.7 Å². The fourth-order valence-corrected chi connectivity index (χ4v) is 3.68. The number of aliphatic hydroxyl groups is 1. The Morgan fingerprint density at radius 1 is 1.14 bits per heavy atom. The van der Waals surface area contributed by atoms with Crippen LogP contribution in [0, 0.1) is 11.6 Å². The SMILES string of the molecule is O=S(=O)(c1cccc(Cl)c1F)N(CCO)c1cccc(F)c1. The fraction of sp³-hybridized carbons (Fsp3) is 0.143. The van der Waals surface area contributed by atoms with Crippen molar-refractivity contribution in [2.75, 3.05) is 17.5 Å². The second kappa shape index (κ2) is 6.60. The lowest BCUT2D eigenvalue weighted by atomic mass is 10.3. The third-order valence-corrected chi connectivity index (χ3v) is 5.02. The minimum absolute atomic E-state index is 0.0200. The summed E-state index contributed by atoms with van der Waals surface area (Å²) in [5, 5.41) is 8.74. The molecule has 2 aromatic carbocycles. The van der Waals surface area contributed by atoms with Gasteiger partial charge in [0, 0.05) is 0 Å². The van der Waals surface area contributed by atoms with E-state index in [-0.39, 0.29) is 17.3 Å². The molecule has 118 valence electrons. The first kappa shape index (κ1) is 16.7. The first-order valence-electron chi connectivity index (χ1n) is 6.21. The number of nitrogens with zero attached hydrogens (tertiary/aromatic N) is 1. The molecule has 2 aromatic rings. The van der Waals surface area contributed by atoms with Gasteiger partial charge in [-0.05, 0) is 30.3 Å². The first-order valence-corrected chi connectivity index (χ1v) is 8.03. The van der Waals surface area contributed by atoms with Gasteiger partial charge in [-0.15, -0.1) is 0 Å². The Morgan fingerprint density at radius 3 is 2.45 bits per heavy atom. The highest BCUT2D eigenvalue weighted by molar-refractivity contribution is 7.92. The molecule has 0 bridgehead atoms. The summed E-state index contributed by atoms with van der Waals surface area (Å²) in [6.45, 7) is -0.865. The zero-order valence-corrected chi connectivity index (χ0v) is 12.8. The topological polar surface area (TPSA) is 57.6 Å². The minimum atomic E-state index is -4.34. The molecule has 4 nitrogen and oxygen atoms in total. The molecule has 8 heteroatoms. The third-order valence-electron chi connectivity index (χ3n) is 2.88. The van der Waals surface area contributed by atoms with Crippen molar-refractivity contribution in [1.29, 1.82) is 0 Å². The van der Waals surface area contributed by atoms with Gasteiger partial charge in [-0.25, -0.2) is 17.2 Å². The van der Waals surface area contributed by atoms with Crippen LogP contribution in [0.3, 0.4) is 0 Å². The number of hydrogen-bond donors (Lipinski definition) is 1. The molecule has 22 heavy (non-hydrogen) atoms. The number of hydrogen-bond acceptors (Lipinski definition) is 3. The summed E-state index contributed by atoms with van der Waals surface area (Å²) in [5.41, 5.74) is -0.0200. The molecular formula is C14H12ClF2NO3S. The van der Waals surface area contributed by atoms with Gasteiger partial charge in [-0.1, -0.05) is 23.7 Å². The molecule has 2 rings (SSSR count). The number of sulfonamides is 1. The van der Waals surface area contributed by atoms with Crippen LogP contribution in [0.5, 0.6) is 0 Å². The summed E-state index contributed by atoms with van der Waals surface area (Å²) < 4.78 is 53.3. The van der Waals surface area contributed by atoms with Gasteiger partial charge in [0.2, 0.25) is 0 Å². The summed E-state index contributed by atoms with van der Waals surface area (Å²) in [4.78, 5) is -0.641. The van der Waals surface area contributed by atoms with E-state index >= 15 is 0 Å². The average molecular weight is 348 g/mol. The van der Waals surface area contributed by atoms with Gasteiger partial charge in [0.15, 0.2) is 5.82 Å². The number of anilines is 1. The van der Waals surface area contributed by atoms with Crippen molar-refractivity contribution in [1.82, 2.24) is 0 Å². The van der Waals surface area contributed by atoms with Crippen LogP contribution < -0.4 is 4.31 Å². The van der Waals surface area contributed by atoms with E-state index in [1.807, 2.05) is 0 Å². The molecule has 0 aliphatic heterocycles. The molecule has 0 fully saturated rings. The quantitative estimate of drug-likeness (QED) is 0.904. The molecule has 0 radical (unpaired) electrons. The van der Waals surface area contributed by atoms with Crippen LogP contribution in [0.15, 0.2) is 47.4 Å². The van der Waals surface area contributed by atoms with Gasteiger partial charge in [0.05, 0.1) is 23.9 Å². The molecule has 0 aliphatic carbocycles. The lowest BCUT2D eigenvalue weighted by molar-refractivity contribution is 0.306. The van der Waals surface area contributed by atoms with E-state index in [1.165, 1.54) is 24.3 Å². The molecule has 1 N–H and O–H groups in total. The van der Waals surface area contributed by atoms with Crippen LogP contribution in [0.4, 0.5) is 14.5 Å². The van der Waals surface area contributed by atoms with Gasteiger partial charge in [-0.2, -0.15) is 0 Å². The maximum absolute atomic E-state index is 14.0. The molecular weight excluding hydrogens is 336 g/mol. The Labute approximate surface area is 131 Å². The first-order chi connectivity index (χ1) is 10.4. The highest BCUT2D eigenvalue weighted by Crippen LogP contribution is 2.28. The van der Waals surface area contributed by atoms with Gasteiger partial charge in [0.25, 0.3) is 10.0 Å². The zero-order valence-electron chi connectivity index (χ0n) is 11.2. The van der Waals surface area contributed by atoms with Crippen LogP contribution in [-0.2, 0) is 10.0 Å². The van der Waals surface area contributed by atoms with E-state index in [1.54, 1.807) is 0 Å². The summed E-state index contributed by atoms with van der Waals surface area (Å²) in [7, 11) is -4.34. The van der Waals surface area contributed by atoms with Crippen LogP contribution in [0.1, 0.15) is 0 Å². The van der Waals surface area contributed by atoms with Crippen molar-refractivity contribution in [2.45, 2.75) is 4.90 Å². The second-order valence-electron chi connectivity index (χ2n) is 4.33. The monoisotopic (exact) mass is 347 g/mol. The lowest BCUT2D eigenvalue weighted by Crippen LogP contribution is -2.34. The predicted octanol–water partition coefficient (Wildman–Crippen LogP) is 2.81. The Balaban J connectivity index is 2.58. The van der Waals surface area contributed by atoms with Crippen LogP contribution >= 0.6 is 11.6 Å². The summed E-state index contributed by atoms with van der Waals surface area (Å²) >= 11 is 5.61. The van der Waals surface area contributed by atoms with Gasteiger partial charge in [0.1, 0.15) is 10.7 Å². The van der Waals surface area contributed by atoms with Crippen LogP contribution in [0.2, 0.25) is 5.02 Å². The molecule has 0 heterocycles. The van der Waals surface area contributed by atoms with Gasteiger partial charge >= 0.3 is 0 Å². The number of halogens is 3. The normalized spacial score (nSPS) is 11.5. The van der Waals surface area contributed by atoms with E-state index in [2.05, 4.69) is 0 Å². The van der Waals surface area contributed by atoms with Crippen molar-refractivity contribution >= 4 is 27.3 Å². The highest BCUT2D eigenvalue weighted by atomic mass is 35.5. The Bertz CT molecular complexity index is 783. The Hall–Kier alpha value is -1.70. The Kier molecular flexibility index (Phi) is 5.00. The minimum Gasteiger partial charge on any atom is -0.394 e. The van der Waals surface area contributed by atoms with E-state index in [4.69, 9.17) is 16.7 Å². The second-order valence-corrected chi connectivity index (χ2v) is 6.57. The standard InChI is InChI=1S/C14H12ClF2NO3S/c15-12-5-2-6-13(14(12)17)22(20,21)18(7-8-19)11-4-1-3-10(16)9-11/h1-6,9,19H,7-8H2. The van der Waals surface area contributed by atoms with Crippen molar-refractivity contribution in [3.8, 4) is 0 Å². The summed E-state index contributed by atoms with van der Waals surface area (Å²) in [6.07, 6.45) is 0. The van der Waals surface area contributed by atoms with E-state index in [9.17, 15) is 17.2 Å². The van der Waals surface area contributed by atoms with Crippen molar-refractivity contribution in [2.24, 2.45) is 0 Å². The van der Waals surface area contributed by atoms with Gasteiger partial charge < -0.3 is 5.11 Å². The number of aliphatic hydroxyl groups excluding tert-OH is 1. The molecule has 0 atom stereocenters.